The van der Waals surface area contributed by atoms with Crippen molar-refractivity contribution in [3.05, 3.63) is 40.8 Å². The third-order valence-corrected chi connectivity index (χ3v) is 3.43. The fraction of sp³-hybridized carbons (Fsp3) is 0.0909. The predicted octanol–water partition coefficient (Wildman–Crippen LogP) is 2.68. The van der Waals surface area contributed by atoms with Gasteiger partial charge in [0.2, 0.25) is 0 Å². The van der Waals surface area contributed by atoms with Crippen molar-refractivity contribution in [3.63, 3.8) is 0 Å². The Labute approximate surface area is 112 Å². The summed E-state index contributed by atoms with van der Waals surface area (Å²) in [5.74, 6) is -1.09. The van der Waals surface area contributed by atoms with Crippen LogP contribution in [0.4, 0.5) is 0 Å². The van der Waals surface area contributed by atoms with Crippen LogP contribution >= 0.6 is 23.4 Å². The van der Waals surface area contributed by atoms with Crippen LogP contribution in [0.5, 0.6) is 0 Å². The van der Waals surface area contributed by atoms with Crippen molar-refractivity contribution in [2.45, 2.75) is 17.1 Å². The highest BCUT2D eigenvalue weighted by atomic mass is 35.5. The van der Waals surface area contributed by atoms with Crippen LogP contribution in [0.1, 0.15) is 16.1 Å². The number of nitrogens with zero attached hydrogens (tertiary/aromatic N) is 3. The van der Waals surface area contributed by atoms with E-state index in [1.165, 1.54) is 12.3 Å². The summed E-state index contributed by atoms with van der Waals surface area (Å²) in [6, 6.07) is 3.12. The lowest BCUT2D eigenvalue weighted by molar-refractivity contribution is 0.0696. The van der Waals surface area contributed by atoms with E-state index >= 15 is 0 Å². The van der Waals surface area contributed by atoms with Gasteiger partial charge in [0.15, 0.2) is 5.16 Å². The van der Waals surface area contributed by atoms with E-state index in [9.17, 15) is 4.79 Å². The zero-order valence-electron chi connectivity index (χ0n) is 9.29. The average molecular weight is 282 g/mol. The normalized spacial score (nSPS) is 10.3. The molecule has 0 saturated heterocycles. The Morgan fingerprint density at radius 1 is 1.33 bits per heavy atom. The first-order valence-corrected chi connectivity index (χ1v) is 6.12. The Balaban J connectivity index is 2.35. The molecular formula is C11H8ClN3O2S. The third-order valence-electron chi connectivity index (χ3n) is 2.05. The van der Waals surface area contributed by atoms with E-state index in [4.69, 9.17) is 16.7 Å². The summed E-state index contributed by atoms with van der Waals surface area (Å²) in [6.45, 7) is 1.84. The molecule has 0 amide bonds. The van der Waals surface area contributed by atoms with E-state index in [0.29, 0.717) is 10.2 Å². The molecular weight excluding hydrogens is 274 g/mol. The predicted molar refractivity (Wildman–Crippen MR) is 67.1 cm³/mol. The number of aromatic carboxylic acids is 1. The van der Waals surface area contributed by atoms with E-state index < -0.39 is 5.97 Å². The molecule has 0 atom stereocenters. The zero-order valence-corrected chi connectivity index (χ0v) is 10.9. The van der Waals surface area contributed by atoms with E-state index in [2.05, 4.69) is 15.0 Å². The van der Waals surface area contributed by atoms with Gasteiger partial charge < -0.3 is 5.11 Å². The van der Waals surface area contributed by atoms with Crippen LogP contribution < -0.4 is 0 Å². The van der Waals surface area contributed by atoms with Gasteiger partial charge in [0.25, 0.3) is 0 Å². The Bertz CT molecular complexity index is 607. The lowest BCUT2D eigenvalue weighted by atomic mass is 10.3. The van der Waals surface area contributed by atoms with Gasteiger partial charge in [-0.3, -0.25) is 0 Å². The van der Waals surface area contributed by atoms with Crippen LogP contribution in [0.25, 0.3) is 0 Å². The number of carboxylic acids is 1. The molecule has 0 radical (unpaired) electrons. The second kappa shape index (κ2) is 5.32. The smallest absolute Gasteiger partial charge is 0.337 e. The molecule has 7 heteroatoms. The van der Waals surface area contributed by atoms with Gasteiger partial charge in [-0.15, -0.1) is 0 Å². The second-order valence-electron chi connectivity index (χ2n) is 3.37. The summed E-state index contributed by atoms with van der Waals surface area (Å²) in [5.41, 5.74) is 0.833. The van der Waals surface area contributed by atoms with Crippen LogP contribution in [-0.2, 0) is 0 Å². The number of carboxylic acid groups (broad SMARTS) is 1. The molecule has 18 heavy (non-hydrogen) atoms. The average Bonchev–Trinajstić information content (AvgIpc) is 2.31. The van der Waals surface area contributed by atoms with E-state index in [1.807, 2.05) is 6.92 Å². The maximum absolute atomic E-state index is 10.9. The van der Waals surface area contributed by atoms with Gasteiger partial charge in [0, 0.05) is 18.1 Å². The van der Waals surface area contributed by atoms with Gasteiger partial charge in [0.1, 0.15) is 5.03 Å². The van der Waals surface area contributed by atoms with Crippen molar-refractivity contribution in [3.8, 4) is 0 Å². The van der Waals surface area contributed by atoms with E-state index in [0.717, 1.165) is 17.5 Å². The molecule has 2 aromatic heterocycles. The lowest BCUT2D eigenvalue weighted by Gasteiger charge is -2.04. The molecule has 2 rings (SSSR count). The Hall–Kier alpha value is -1.66. The standard InChI is InChI=1S/C11H8ClN3O2S/c1-6-2-4-14-11(15-6)18-9-8(12)7(10(16)17)3-5-13-9/h2-5H,1H3,(H,16,17). The number of hydrogen-bond donors (Lipinski definition) is 1. The topological polar surface area (TPSA) is 76.0 Å². The summed E-state index contributed by atoms with van der Waals surface area (Å²) in [6.07, 6.45) is 3.02. The minimum atomic E-state index is -1.09. The minimum absolute atomic E-state index is 0.0156. The molecule has 0 saturated carbocycles. The van der Waals surface area contributed by atoms with Crippen molar-refractivity contribution < 1.29 is 9.90 Å². The molecule has 0 aliphatic heterocycles. The van der Waals surface area contributed by atoms with E-state index in [1.54, 1.807) is 12.3 Å². The van der Waals surface area contributed by atoms with Gasteiger partial charge in [-0.05, 0) is 30.8 Å². The van der Waals surface area contributed by atoms with Gasteiger partial charge in [-0.25, -0.2) is 19.7 Å². The lowest BCUT2D eigenvalue weighted by Crippen LogP contribution is -1.99. The first-order valence-electron chi connectivity index (χ1n) is 4.93. The molecule has 0 aromatic carbocycles. The quantitative estimate of drug-likeness (QED) is 0.872. The third kappa shape index (κ3) is 2.77. The molecule has 0 spiro atoms. The second-order valence-corrected chi connectivity index (χ2v) is 4.70. The van der Waals surface area contributed by atoms with Crippen LogP contribution in [0.3, 0.4) is 0 Å². The van der Waals surface area contributed by atoms with Gasteiger partial charge in [-0.1, -0.05) is 11.6 Å². The Morgan fingerprint density at radius 2 is 2.06 bits per heavy atom. The SMILES string of the molecule is Cc1ccnc(Sc2nccc(C(=O)O)c2Cl)n1. The van der Waals surface area contributed by atoms with Crippen molar-refractivity contribution in [1.29, 1.82) is 0 Å². The number of aromatic nitrogens is 3. The molecule has 2 aromatic rings. The van der Waals surface area contributed by atoms with Crippen molar-refractivity contribution in [1.82, 2.24) is 15.0 Å². The monoisotopic (exact) mass is 281 g/mol. The number of hydrogen-bond acceptors (Lipinski definition) is 5. The molecule has 5 nitrogen and oxygen atoms in total. The number of rotatable bonds is 3. The Morgan fingerprint density at radius 3 is 2.72 bits per heavy atom. The van der Waals surface area contributed by atoms with Gasteiger partial charge in [0.05, 0.1) is 10.6 Å². The molecule has 2 heterocycles. The Kier molecular flexibility index (Phi) is 3.78. The van der Waals surface area contributed by atoms with E-state index in [-0.39, 0.29) is 10.6 Å². The summed E-state index contributed by atoms with van der Waals surface area (Å²) in [5, 5.41) is 9.90. The first kappa shape index (κ1) is 12.8. The number of aryl methyl sites for hydroxylation is 1. The first-order chi connectivity index (χ1) is 8.58. The minimum Gasteiger partial charge on any atom is -0.478 e. The number of carbonyl (C=O) groups is 1. The summed E-state index contributed by atoms with van der Waals surface area (Å²) in [7, 11) is 0. The van der Waals surface area contributed by atoms with Crippen LogP contribution in [-0.4, -0.2) is 26.0 Å². The zero-order chi connectivity index (χ0) is 13.1. The maximum atomic E-state index is 10.9. The maximum Gasteiger partial charge on any atom is 0.337 e. The molecule has 1 N–H and O–H groups in total. The summed E-state index contributed by atoms with van der Waals surface area (Å²) < 4.78 is 0. The van der Waals surface area contributed by atoms with Crippen molar-refractivity contribution in [2.75, 3.05) is 0 Å². The molecule has 0 aliphatic rings. The summed E-state index contributed by atoms with van der Waals surface area (Å²) in [4.78, 5) is 23.2. The van der Waals surface area contributed by atoms with Crippen molar-refractivity contribution in [2.24, 2.45) is 0 Å². The highest BCUT2D eigenvalue weighted by molar-refractivity contribution is 7.99. The fourth-order valence-corrected chi connectivity index (χ4v) is 2.32. The molecule has 0 fully saturated rings. The van der Waals surface area contributed by atoms with Gasteiger partial charge in [-0.2, -0.15) is 0 Å². The van der Waals surface area contributed by atoms with Crippen LogP contribution in [0, 0.1) is 6.92 Å². The van der Waals surface area contributed by atoms with Crippen molar-refractivity contribution >= 4 is 29.3 Å². The molecule has 92 valence electrons. The highest BCUT2D eigenvalue weighted by Crippen LogP contribution is 2.31. The molecule has 0 aliphatic carbocycles. The number of pyridine rings is 1. The molecule has 0 bridgehead atoms. The number of halogens is 1. The molecule has 0 unspecified atom stereocenters. The summed E-state index contributed by atoms with van der Waals surface area (Å²) >= 11 is 7.11. The van der Waals surface area contributed by atoms with Gasteiger partial charge >= 0.3 is 5.97 Å². The largest absolute Gasteiger partial charge is 0.478 e. The highest BCUT2D eigenvalue weighted by Gasteiger charge is 2.15. The fourth-order valence-electron chi connectivity index (χ4n) is 1.22. The van der Waals surface area contributed by atoms with Crippen LogP contribution in [0.15, 0.2) is 34.7 Å². The van der Waals surface area contributed by atoms with Crippen LogP contribution in [0.2, 0.25) is 5.02 Å².